The number of benzene rings is 2. The van der Waals surface area contributed by atoms with Crippen molar-refractivity contribution in [3.63, 3.8) is 0 Å². The van der Waals surface area contributed by atoms with Gasteiger partial charge in [-0.2, -0.15) is 0 Å². The molecule has 3 aromatic rings. The van der Waals surface area contributed by atoms with Gasteiger partial charge in [0, 0.05) is 17.5 Å². The van der Waals surface area contributed by atoms with Crippen LogP contribution in [0.1, 0.15) is 5.56 Å². The Hall–Kier alpha value is -3.28. The molecule has 2 aromatic carbocycles. The van der Waals surface area contributed by atoms with Gasteiger partial charge in [0.2, 0.25) is 0 Å². The summed E-state index contributed by atoms with van der Waals surface area (Å²) < 4.78 is 20.8. The maximum atomic E-state index is 12.2. The molecule has 1 aromatic heterocycles. The summed E-state index contributed by atoms with van der Waals surface area (Å²) in [4.78, 5) is 23.4. The van der Waals surface area contributed by atoms with E-state index >= 15 is 0 Å². The Morgan fingerprint density at radius 1 is 0.960 bits per heavy atom. The number of hydrogen-bond donors (Lipinski definition) is 0. The van der Waals surface area contributed by atoms with Gasteiger partial charge in [-0.05, 0) is 35.9 Å². The highest BCUT2D eigenvalue weighted by molar-refractivity contribution is 5.80. The van der Waals surface area contributed by atoms with E-state index in [1.165, 1.54) is 19.2 Å². The average Bonchev–Trinajstić information content (AvgIpc) is 2.61. The monoisotopic (exact) mass is 340 g/mol. The maximum Gasteiger partial charge on any atom is 0.336 e. The SMILES string of the molecule is COc1ccc(CC(=O)Oc2ccc3ccc(=O)oc3c2)cc1OC. The van der Waals surface area contributed by atoms with E-state index in [-0.39, 0.29) is 6.42 Å². The molecule has 0 amide bonds. The fraction of sp³-hybridized carbons (Fsp3) is 0.158. The predicted octanol–water partition coefficient (Wildman–Crippen LogP) is 2.96. The van der Waals surface area contributed by atoms with E-state index in [4.69, 9.17) is 18.6 Å². The van der Waals surface area contributed by atoms with E-state index in [9.17, 15) is 9.59 Å². The molecule has 0 bridgehead atoms. The lowest BCUT2D eigenvalue weighted by Crippen LogP contribution is -2.11. The number of carbonyl (C=O) groups is 1. The first-order chi connectivity index (χ1) is 12.1. The van der Waals surface area contributed by atoms with Gasteiger partial charge in [-0.1, -0.05) is 6.07 Å². The lowest BCUT2D eigenvalue weighted by Gasteiger charge is -2.09. The fourth-order valence-electron chi connectivity index (χ4n) is 2.43. The molecule has 0 aliphatic heterocycles. The summed E-state index contributed by atoms with van der Waals surface area (Å²) >= 11 is 0. The highest BCUT2D eigenvalue weighted by Gasteiger charge is 2.11. The number of ether oxygens (including phenoxy) is 3. The first-order valence-corrected chi connectivity index (χ1v) is 7.54. The number of fused-ring (bicyclic) bond motifs is 1. The lowest BCUT2D eigenvalue weighted by molar-refractivity contribution is -0.133. The molecule has 6 nitrogen and oxygen atoms in total. The first kappa shape index (κ1) is 16.6. The van der Waals surface area contributed by atoms with Crippen LogP contribution in [0.3, 0.4) is 0 Å². The fourth-order valence-corrected chi connectivity index (χ4v) is 2.43. The highest BCUT2D eigenvalue weighted by atomic mass is 16.5. The number of hydrogen-bond acceptors (Lipinski definition) is 6. The van der Waals surface area contributed by atoms with E-state index in [0.29, 0.717) is 22.8 Å². The summed E-state index contributed by atoms with van der Waals surface area (Å²) in [5.41, 5.74) is 0.639. The molecule has 1 heterocycles. The molecule has 6 heteroatoms. The molecule has 0 atom stereocenters. The van der Waals surface area contributed by atoms with Gasteiger partial charge < -0.3 is 18.6 Å². The van der Waals surface area contributed by atoms with Crippen molar-refractivity contribution >= 4 is 16.9 Å². The van der Waals surface area contributed by atoms with Crippen LogP contribution in [0.4, 0.5) is 0 Å². The second kappa shape index (κ2) is 7.09. The largest absolute Gasteiger partial charge is 0.493 e. The van der Waals surface area contributed by atoms with Gasteiger partial charge in [-0.15, -0.1) is 0 Å². The van der Waals surface area contributed by atoms with Gasteiger partial charge in [-0.25, -0.2) is 4.79 Å². The molecule has 25 heavy (non-hydrogen) atoms. The Morgan fingerprint density at radius 3 is 2.48 bits per heavy atom. The molecule has 3 rings (SSSR count). The zero-order valence-electron chi connectivity index (χ0n) is 13.8. The lowest BCUT2D eigenvalue weighted by atomic mass is 10.1. The Bertz CT molecular complexity index is 973. The van der Waals surface area contributed by atoms with Gasteiger partial charge in [-0.3, -0.25) is 4.79 Å². The van der Waals surface area contributed by atoms with E-state index in [1.807, 2.05) is 0 Å². The standard InChI is InChI=1S/C19H16O6/c1-22-15-7-3-12(9-17(15)23-2)10-19(21)24-14-6-4-13-5-8-18(20)25-16(13)11-14/h3-9,11H,10H2,1-2H3. The quantitative estimate of drug-likeness (QED) is 0.404. The Balaban J connectivity index is 1.75. The van der Waals surface area contributed by atoms with Gasteiger partial charge in [0.05, 0.1) is 20.6 Å². The summed E-state index contributed by atoms with van der Waals surface area (Å²) in [7, 11) is 3.08. The maximum absolute atomic E-state index is 12.2. The van der Waals surface area contributed by atoms with Crippen LogP contribution >= 0.6 is 0 Å². The molecule has 0 saturated carbocycles. The molecule has 0 aliphatic rings. The average molecular weight is 340 g/mol. The summed E-state index contributed by atoms with van der Waals surface area (Å²) in [6, 6.07) is 13.1. The van der Waals surface area contributed by atoms with E-state index < -0.39 is 11.6 Å². The minimum absolute atomic E-state index is 0.0666. The van der Waals surface area contributed by atoms with Crippen molar-refractivity contribution < 1.29 is 23.4 Å². The predicted molar refractivity (Wildman–Crippen MR) is 91.4 cm³/mol. The van der Waals surface area contributed by atoms with Crippen LogP contribution in [-0.2, 0) is 11.2 Å². The third-order valence-electron chi connectivity index (χ3n) is 3.62. The third-order valence-corrected chi connectivity index (χ3v) is 3.62. The van der Waals surface area contributed by atoms with Crippen LogP contribution in [0.2, 0.25) is 0 Å². The molecular formula is C19H16O6. The van der Waals surface area contributed by atoms with Crippen molar-refractivity contribution in [3.8, 4) is 17.2 Å². The smallest absolute Gasteiger partial charge is 0.336 e. The molecule has 0 unspecified atom stereocenters. The van der Waals surface area contributed by atoms with E-state index in [1.54, 1.807) is 43.5 Å². The molecule has 0 N–H and O–H groups in total. The van der Waals surface area contributed by atoms with E-state index in [2.05, 4.69) is 0 Å². The molecule has 0 aliphatic carbocycles. The van der Waals surface area contributed by atoms with E-state index in [0.717, 1.165) is 10.9 Å². The van der Waals surface area contributed by atoms with Crippen LogP contribution in [0.5, 0.6) is 17.2 Å². The zero-order chi connectivity index (χ0) is 17.8. The topological polar surface area (TPSA) is 75.0 Å². The first-order valence-electron chi connectivity index (χ1n) is 7.54. The number of carbonyl (C=O) groups excluding carboxylic acids is 1. The number of methoxy groups -OCH3 is 2. The molecule has 0 radical (unpaired) electrons. The normalized spacial score (nSPS) is 10.5. The van der Waals surface area contributed by atoms with Gasteiger partial charge in [0.25, 0.3) is 0 Å². The van der Waals surface area contributed by atoms with Crippen LogP contribution < -0.4 is 19.8 Å². The molecule has 0 saturated heterocycles. The van der Waals surface area contributed by atoms with Gasteiger partial charge in [0.1, 0.15) is 11.3 Å². The Labute approximate surface area is 143 Å². The number of esters is 1. The van der Waals surface area contributed by atoms with Crippen molar-refractivity contribution in [2.75, 3.05) is 14.2 Å². The summed E-state index contributed by atoms with van der Waals surface area (Å²) in [5, 5.41) is 0.749. The van der Waals surface area contributed by atoms with Crippen molar-refractivity contribution in [3.05, 3.63) is 64.5 Å². The molecular weight excluding hydrogens is 324 g/mol. The number of rotatable bonds is 5. The van der Waals surface area contributed by atoms with Crippen molar-refractivity contribution in [2.45, 2.75) is 6.42 Å². The second-order valence-electron chi connectivity index (χ2n) is 5.29. The third kappa shape index (κ3) is 3.80. The van der Waals surface area contributed by atoms with Gasteiger partial charge in [0.15, 0.2) is 11.5 Å². The minimum Gasteiger partial charge on any atom is -0.493 e. The van der Waals surface area contributed by atoms with Crippen molar-refractivity contribution in [2.24, 2.45) is 0 Å². The van der Waals surface area contributed by atoms with Crippen LogP contribution in [0.25, 0.3) is 11.0 Å². The van der Waals surface area contributed by atoms with Crippen molar-refractivity contribution in [1.29, 1.82) is 0 Å². The second-order valence-corrected chi connectivity index (χ2v) is 5.29. The highest BCUT2D eigenvalue weighted by Crippen LogP contribution is 2.28. The minimum atomic E-state index is -0.457. The summed E-state index contributed by atoms with van der Waals surface area (Å²) in [6.07, 6.45) is 0.0666. The molecule has 0 fully saturated rings. The molecule has 128 valence electrons. The Morgan fingerprint density at radius 2 is 1.72 bits per heavy atom. The van der Waals surface area contributed by atoms with Crippen molar-refractivity contribution in [1.82, 2.24) is 0 Å². The summed E-state index contributed by atoms with van der Waals surface area (Å²) in [5.74, 6) is 1.00. The Kier molecular flexibility index (Phi) is 4.70. The van der Waals surface area contributed by atoms with Gasteiger partial charge >= 0.3 is 11.6 Å². The van der Waals surface area contributed by atoms with Crippen LogP contribution in [0, 0.1) is 0 Å². The summed E-state index contributed by atoms with van der Waals surface area (Å²) in [6.45, 7) is 0. The molecule has 0 spiro atoms. The van der Waals surface area contributed by atoms with Crippen LogP contribution in [-0.4, -0.2) is 20.2 Å². The van der Waals surface area contributed by atoms with Crippen LogP contribution in [0.15, 0.2) is 57.7 Å². The zero-order valence-corrected chi connectivity index (χ0v) is 13.8.